The Balaban J connectivity index is 2.09. The van der Waals surface area contributed by atoms with Crippen LogP contribution < -0.4 is 0 Å². The highest BCUT2D eigenvalue weighted by Gasteiger charge is 2.03. The Kier molecular flexibility index (Phi) is 4.74. The van der Waals surface area contributed by atoms with Gasteiger partial charge in [0, 0.05) is 32.5 Å². The highest BCUT2D eigenvalue weighted by Crippen LogP contribution is 2.32. The molecule has 1 heterocycles. The first-order valence-electron chi connectivity index (χ1n) is 4.82. The first kappa shape index (κ1) is 13.2. The third-order valence-corrected chi connectivity index (χ3v) is 4.29. The van der Waals surface area contributed by atoms with Crippen molar-refractivity contribution in [1.82, 2.24) is 4.98 Å². The lowest BCUT2D eigenvalue weighted by Gasteiger charge is -2.05. The number of nitrogens with zero attached hydrogens (tertiary/aromatic N) is 1. The van der Waals surface area contributed by atoms with Crippen LogP contribution in [0.1, 0.15) is 5.56 Å². The van der Waals surface area contributed by atoms with Gasteiger partial charge in [-0.1, -0.05) is 23.2 Å². The maximum Gasteiger partial charge on any atom is 0.0543 e. The van der Waals surface area contributed by atoms with Crippen LogP contribution in [0.3, 0.4) is 0 Å². The number of hydrogen-bond acceptors (Lipinski definition) is 2. The molecular weight excluding hydrogens is 341 g/mol. The SMILES string of the molecule is Clc1ccc(Cl)c(SCc2cncc(Br)c2)c1. The first-order valence-corrected chi connectivity index (χ1v) is 7.36. The molecule has 0 amide bonds. The molecular formula is C12H8BrCl2NS. The summed E-state index contributed by atoms with van der Waals surface area (Å²) in [5, 5.41) is 1.42. The van der Waals surface area contributed by atoms with Gasteiger partial charge in [0.25, 0.3) is 0 Å². The normalized spacial score (nSPS) is 10.5. The van der Waals surface area contributed by atoms with Gasteiger partial charge in [0.05, 0.1) is 5.02 Å². The largest absolute Gasteiger partial charge is 0.263 e. The van der Waals surface area contributed by atoms with E-state index in [9.17, 15) is 0 Å². The van der Waals surface area contributed by atoms with E-state index in [-0.39, 0.29) is 0 Å². The van der Waals surface area contributed by atoms with Crippen LogP contribution in [0.25, 0.3) is 0 Å². The van der Waals surface area contributed by atoms with Crippen molar-refractivity contribution in [2.24, 2.45) is 0 Å². The summed E-state index contributed by atoms with van der Waals surface area (Å²) in [6, 6.07) is 7.51. The topological polar surface area (TPSA) is 12.9 Å². The van der Waals surface area contributed by atoms with E-state index in [0.29, 0.717) is 5.02 Å². The molecule has 0 aliphatic rings. The van der Waals surface area contributed by atoms with E-state index in [1.54, 1.807) is 24.0 Å². The summed E-state index contributed by atoms with van der Waals surface area (Å²) in [5.41, 5.74) is 1.14. The lowest BCUT2D eigenvalue weighted by Crippen LogP contribution is -1.83. The minimum Gasteiger partial charge on any atom is -0.263 e. The molecule has 0 aliphatic heterocycles. The van der Waals surface area contributed by atoms with Crippen molar-refractivity contribution in [2.75, 3.05) is 0 Å². The monoisotopic (exact) mass is 347 g/mol. The Morgan fingerprint density at radius 2 is 2.00 bits per heavy atom. The molecule has 17 heavy (non-hydrogen) atoms. The molecule has 0 spiro atoms. The summed E-state index contributed by atoms with van der Waals surface area (Å²) >= 11 is 17.1. The molecule has 0 atom stereocenters. The van der Waals surface area contributed by atoms with Gasteiger partial charge in [-0.2, -0.15) is 0 Å². The molecule has 2 aromatic rings. The molecule has 0 unspecified atom stereocenters. The van der Waals surface area contributed by atoms with Gasteiger partial charge in [-0.25, -0.2) is 0 Å². The quantitative estimate of drug-likeness (QED) is 0.684. The summed E-state index contributed by atoms with van der Waals surface area (Å²) in [4.78, 5) is 5.10. The molecule has 0 bridgehead atoms. The number of aromatic nitrogens is 1. The van der Waals surface area contributed by atoms with Crippen LogP contribution in [0.15, 0.2) is 46.0 Å². The number of hydrogen-bond donors (Lipinski definition) is 0. The molecule has 88 valence electrons. The van der Waals surface area contributed by atoms with Crippen LogP contribution >= 0.6 is 50.9 Å². The van der Waals surface area contributed by atoms with Crippen molar-refractivity contribution in [1.29, 1.82) is 0 Å². The zero-order chi connectivity index (χ0) is 12.3. The summed E-state index contributed by atoms with van der Waals surface area (Å²) in [5.74, 6) is 0.812. The van der Waals surface area contributed by atoms with Crippen molar-refractivity contribution in [2.45, 2.75) is 10.6 Å². The van der Waals surface area contributed by atoms with Crippen molar-refractivity contribution in [3.63, 3.8) is 0 Å². The molecule has 0 saturated carbocycles. The maximum atomic E-state index is 6.09. The number of rotatable bonds is 3. The van der Waals surface area contributed by atoms with Gasteiger partial charge in [-0.15, -0.1) is 11.8 Å². The molecule has 0 saturated heterocycles. The molecule has 0 radical (unpaired) electrons. The average molecular weight is 349 g/mol. The fourth-order valence-electron chi connectivity index (χ4n) is 1.28. The number of benzene rings is 1. The fraction of sp³-hybridized carbons (Fsp3) is 0.0833. The summed E-state index contributed by atoms with van der Waals surface area (Å²) in [6.45, 7) is 0. The summed E-state index contributed by atoms with van der Waals surface area (Å²) in [7, 11) is 0. The van der Waals surface area contributed by atoms with E-state index < -0.39 is 0 Å². The fourth-order valence-corrected chi connectivity index (χ4v) is 3.11. The minimum atomic E-state index is 0.698. The molecule has 1 aromatic heterocycles. The maximum absolute atomic E-state index is 6.09. The predicted octanol–water partition coefficient (Wildman–Crippen LogP) is 5.44. The second kappa shape index (κ2) is 6.10. The van der Waals surface area contributed by atoms with Gasteiger partial charge in [0.2, 0.25) is 0 Å². The van der Waals surface area contributed by atoms with Gasteiger partial charge >= 0.3 is 0 Å². The molecule has 5 heteroatoms. The average Bonchev–Trinajstić information content (AvgIpc) is 2.30. The number of pyridine rings is 1. The van der Waals surface area contributed by atoms with Gasteiger partial charge in [-0.3, -0.25) is 4.98 Å². The molecule has 0 aliphatic carbocycles. The highest BCUT2D eigenvalue weighted by atomic mass is 79.9. The zero-order valence-corrected chi connectivity index (χ0v) is 12.6. The van der Waals surface area contributed by atoms with Crippen LogP contribution in [0.2, 0.25) is 10.0 Å². The Labute approximate surface area is 123 Å². The van der Waals surface area contributed by atoms with Crippen molar-refractivity contribution < 1.29 is 0 Å². The van der Waals surface area contributed by atoms with Gasteiger partial charge in [0.15, 0.2) is 0 Å². The van der Waals surface area contributed by atoms with E-state index >= 15 is 0 Å². The molecule has 2 rings (SSSR count). The first-order chi connectivity index (χ1) is 8.15. The van der Waals surface area contributed by atoms with E-state index in [1.807, 2.05) is 24.4 Å². The predicted molar refractivity (Wildman–Crippen MR) is 78.0 cm³/mol. The van der Waals surface area contributed by atoms with Crippen LogP contribution in [0.5, 0.6) is 0 Å². The Morgan fingerprint density at radius 3 is 2.76 bits per heavy atom. The van der Waals surface area contributed by atoms with E-state index in [1.165, 1.54) is 0 Å². The molecule has 0 N–H and O–H groups in total. The number of thioether (sulfide) groups is 1. The summed E-state index contributed by atoms with van der Waals surface area (Å²) < 4.78 is 0.979. The number of halogens is 3. The van der Waals surface area contributed by atoms with Gasteiger partial charge in [0.1, 0.15) is 0 Å². The van der Waals surface area contributed by atoms with Gasteiger partial charge < -0.3 is 0 Å². The third-order valence-electron chi connectivity index (χ3n) is 2.05. The van der Waals surface area contributed by atoms with E-state index in [0.717, 1.165) is 25.7 Å². The van der Waals surface area contributed by atoms with E-state index in [4.69, 9.17) is 23.2 Å². The second-order valence-electron chi connectivity index (χ2n) is 3.37. The lowest BCUT2D eigenvalue weighted by atomic mass is 10.3. The third kappa shape index (κ3) is 3.88. The van der Waals surface area contributed by atoms with Crippen molar-refractivity contribution in [3.8, 4) is 0 Å². The van der Waals surface area contributed by atoms with Gasteiger partial charge in [-0.05, 0) is 45.8 Å². The Hall–Kier alpha value is -0.220. The minimum absolute atomic E-state index is 0.698. The highest BCUT2D eigenvalue weighted by molar-refractivity contribution is 9.10. The molecule has 0 fully saturated rings. The van der Waals surface area contributed by atoms with Crippen LogP contribution in [-0.2, 0) is 5.75 Å². The second-order valence-corrected chi connectivity index (χ2v) is 6.15. The Morgan fingerprint density at radius 1 is 1.18 bits per heavy atom. The standard InChI is InChI=1S/C12H8BrCl2NS/c13-9-3-8(5-16-6-9)7-17-12-4-10(14)1-2-11(12)15/h1-6H,7H2. The van der Waals surface area contributed by atoms with Crippen molar-refractivity contribution in [3.05, 3.63) is 56.7 Å². The molecule has 1 nitrogen and oxygen atoms in total. The van der Waals surface area contributed by atoms with Crippen molar-refractivity contribution >= 4 is 50.9 Å². The zero-order valence-electron chi connectivity index (χ0n) is 8.66. The Bertz CT molecular complexity index is 534. The van der Waals surface area contributed by atoms with Crippen LogP contribution in [0.4, 0.5) is 0 Å². The lowest BCUT2D eigenvalue weighted by molar-refractivity contribution is 1.23. The summed E-state index contributed by atoms with van der Waals surface area (Å²) in [6.07, 6.45) is 3.61. The van der Waals surface area contributed by atoms with E-state index in [2.05, 4.69) is 20.9 Å². The molecule has 1 aromatic carbocycles. The smallest absolute Gasteiger partial charge is 0.0543 e. The van der Waals surface area contributed by atoms with Crippen LogP contribution in [-0.4, -0.2) is 4.98 Å². The van der Waals surface area contributed by atoms with Crippen LogP contribution in [0, 0.1) is 0 Å².